The fourth-order valence-electron chi connectivity index (χ4n) is 3.74. The van der Waals surface area contributed by atoms with E-state index in [4.69, 9.17) is 5.11 Å². The van der Waals surface area contributed by atoms with Gasteiger partial charge in [0.15, 0.2) is 0 Å². The number of carboxylic acid groups (broad SMARTS) is 1. The number of amides is 1. The van der Waals surface area contributed by atoms with E-state index in [0.29, 0.717) is 18.3 Å². The molecule has 0 aromatic carbocycles. The Hall–Kier alpha value is -1.06. The number of carbonyl (C=O) groups is 2. The highest BCUT2D eigenvalue weighted by atomic mass is 16.4. The molecule has 1 amide bonds. The average Bonchev–Trinajstić information content (AvgIpc) is 2.37. The molecule has 2 aliphatic rings. The Morgan fingerprint density at radius 2 is 1.58 bits per heavy atom. The molecular weight excluding hydrogens is 242 g/mol. The van der Waals surface area contributed by atoms with Crippen molar-refractivity contribution in [2.24, 2.45) is 23.7 Å². The number of nitrogens with zero attached hydrogens (tertiary/aromatic N) is 1. The molecule has 4 unspecified atom stereocenters. The Labute approximate surface area is 115 Å². The van der Waals surface area contributed by atoms with Crippen molar-refractivity contribution < 1.29 is 14.7 Å². The molecule has 1 aliphatic carbocycles. The summed E-state index contributed by atoms with van der Waals surface area (Å²) in [5.41, 5.74) is 0. The predicted molar refractivity (Wildman–Crippen MR) is 72.6 cm³/mol. The maximum atomic E-state index is 12.5. The molecule has 4 heteroatoms. The minimum absolute atomic E-state index is 0.0626. The third-order valence-corrected chi connectivity index (χ3v) is 4.55. The van der Waals surface area contributed by atoms with E-state index in [2.05, 4.69) is 13.8 Å². The number of likely N-dealkylation sites (tertiary alicyclic amines) is 1. The standard InChI is InChI=1S/C15H25NO3/c1-10-6-11(2)9-16(8-10)14(17)12-4-3-5-13(7-12)15(18)19/h10-13H,3-9H2,1-2H3,(H,18,19). The van der Waals surface area contributed by atoms with Crippen LogP contribution in [0.5, 0.6) is 0 Å². The van der Waals surface area contributed by atoms with Crippen molar-refractivity contribution in [3.05, 3.63) is 0 Å². The van der Waals surface area contributed by atoms with Gasteiger partial charge in [0, 0.05) is 19.0 Å². The second-order valence-corrected chi connectivity index (χ2v) is 6.59. The van der Waals surface area contributed by atoms with Crippen molar-refractivity contribution >= 4 is 11.9 Å². The van der Waals surface area contributed by atoms with Crippen LogP contribution in [0.2, 0.25) is 0 Å². The number of hydrogen-bond acceptors (Lipinski definition) is 2. The highest BCUT2D eigenvalue weighted by Crippen LogP contribution is 2.32. The summed E-state index contributed by atoms with van der Waals surface area (Å²) in [7, 11) is 0. The maximum absolute atomic E-state index is 12.5. The minimum Gasteiger partial charge on any atom is -0.481 e. The fourth-order valence-corrected chi connectivity index (χ4v) is 3.74. The zero-order valence-corrected chi connectivity index (χ0v) is 12.0. The Kier molecular flexibility index (Phi) is 4.48. The van der Waals surface area contributed by atoms with Crippen LogP contribution in [0.3, 0.4) is 0 Å². The Bertz CT molecular complexity index is 345. The van der Waals surface area contributed by atoms with Gasteiger partial charge in [0.05, 0.1) is 5.92 Å². The summed E-state index contributed by atoms with van der Waals surface area (Å²) in [4.78, 5) is 25.6. The van der Waals surface area contributed by atoms with Crippen molar-refractivity contribution in [2.75, 3.05) is 13.1 Å². The van der Waals surface area contributed by atoms with Gasteiger partial charge in [0.1, 0.15) is 0 Å². The van der Waals surface area contributed by atoms with Gasteiger partial charge in [-0.15, -0.1) is 0 Å². The van der Waals surface area contributed by atoms with Gasteiger partial charge in [0.2, 0.25) is 5.91 Å². The first-order chi connectivity index (χ1) is 8.97. The largest absolute Gasteiger partial charge is 0.481 e. The minimum atomic E-state index is -0.738. The van der Waals surface area contributed by atoms with Crippen LogP contribution in [-0.4, -0.2) is 35.0 Å². The summed E-state index contributed by atoms with van der Waals surface area (Å²) in [6, 6.07) is 0. The molecule has 2 fully saturated rings. The topological polar surface area (TPSA) is 57.6 Å². The van der Waals surface area contributed by atoms with Crippen LogP contribution >= 0.6 is 0 Å². The molecule has 4 nitrogen and oxygen atoms in total. The van der Waals surface area contributed by atoms with E-state index < -0.39 is 5.97 Å². The van der Waals surface area contributed by atoms with E-state index in [1.807, 2.05) is 4.90 Å². The van der Waals surface area contributed by atoms with Gasteiger partial charge in [-0.2, -0.15) is 0 Å². The third kappa shape index (κ3) is 3.48. The quantitative estimate of drug-likeness (QED) is 0.835. The van der Waals surface area contributed by atoms with Crippen molar-refractivity contribution in [1.82, 2.24) is 4.90 Å². The predicted octanol–water partition coefficient (Wildman–Crippen LogP) is 2.38. The van der Waals surface area contributed by atoms with E-state index in [0.717, 1.165) is 32.4 Å². The third-order valence-electron chi connectivity index (χ3n) is 4.55. The molecule has 1 saturated carbocycles. The lowest BCUT2D eigenvalue weighted by atomic mass is 9.80. The Morgan fingerprint density at radius 3 is 2.16 bits per heavy atom. The second kappa shape index (κ2) is 5.93. The zero-order valence-electron chi connectivity index (χ0n) is 12.0. The molecule has 0 aromatic heterocycles. The Balaban J connectivity index is 1.96. The van der Waals surface area contributed by atoms with Crippen LogP contribution in [0.4, 0.5) is 0 Å². The van der Waals surface area contributed by atoms with E-state index in [9.17, 15) is 9.59 Å². The molecule has 1 saturated heterocycles. The number of hydrogen-bond donors (Lipinski definition) is 1. The smallest absolute Gasteiger partial charge is 0.306 e. The van der Waals surface area contributed by atoms with Crippen LogP contribution in [0.1, 0.15) is 46.0 Å². The molecule has 0 spiro atoms. The van der Waals surface area contributed by atoms with Gasteiger partial charge >= 0.3 is 5.97 Å². The molecule has 19 heavy (non-hydrogen) atoms. The number of rotatable bonds is 2. The van der Waals surface area contributed by atoms with Crippen LogP contribution in [0.25, 0.3) is 0 Å². The van der Waals surface area contributed by atoms with Gasteiger partial charge in [-0.25, -0.2) is 0 Å². The van der Waals surface area contributed by atoms with Crippen LogP contribution in [-0.2, 0) is 9.59 Å². The van der Waals surface area contributed by atoms with E-state index in [1.54, 1.807) is 0 Å². The van der Waals surface area contributed by atoms with Crippen LogP contribution in [0, 0.1) is 23.7 Å². The van der Waals surface area contributed by atoms with Gasteiger partial charge < -0.3 is 10.0 Å². The fraction of sp³-hybridized carbons (Fsp3) is 0.867. The summed E-state index contributed by atoms with van der Waals surface area (Å²) in [5.74, 6) is 0.204. The first kappa shape index (κ1) is 14.4. The molecule has 1 aliphatic heterocycles. The normalized spacial score (nSPS) is 36.0. The number of aliphatic carboxylic acids is 1. The van der Waals surface area contributed by atoms with Gasteiger partial charge in [-0.1, -0.05) is 20.3 Å². The van der Waals surface area contributed by atoms with E-state index >= 15 is 0 Å². The zero-order chi connectivity index (χ0) is 14.0. The van der Waals surface area contributed by atoms with Crippen LogP contribution < -0.4 is 0 Å². The van der Waals surface area contributed by atoms with Crippen molar-refractivity contribution in [3.8, 4) is 0 Å². The molecule has 2 rings (SSSR count). The lowest BCUT2D eigenvalue weighted by molar-refractivity contribution is -0.146. The number of carbonyl (C=O) groups excluding carboxylic acids is 1. The summed E-state index contributed by atoms with van der Waals surface area (Å²) in [6.07, 6.45) is 4.18. The SMILES string of the molecule is CC1CC(C)CN(C(=O)C2CCCC(C(=O)O)C2)C1. The molecule has 0 bridgehead atoms. The maximum Gasteiger partial charge on any atom is 0.306 e. The molecule has 1 N–H and O–H groups in total. The molecule has 0 aromatic rings. The highest BCUT2D eigenvalue weighted by Gasteiger charge is 2.35. The first-order valence-corrected chi connectivity index (χ1v) is 7.49. The van der Waals surface area contributed by atoms with Gasteiger partial charge in [-0.05, 0) is 37.5 Å². The van der Waals surface area contributed by atoms with Gasteiger partial charge in [-0.3, -0.25) is 9.59 Å². The Morgan fingerprint density at radius 1 is 1.00 bits per heavy atom. The van der Waals surface area contributed by atoms with E-state index in [1.165, 1.54) is 6.42 Å². The van der Waals surface area contributed by atoms with E-state index in [-0.39, 0.29) is 17.7 Å². The first-order valence-electron chi connectivity index (χ1n) is 7.49. The van der Waals surface area contributed by atoms with Crippen molar-refractivity contribution in [1.29, 1.82) is 0 Å². The summed E-state index contributed by atoms with van der Waals surface area (Å²) >= 11 is 0. The highest BCUT2D eigenvalue weighted by molar-refractivity contribution is 5.80. The molecule has 0 radical (unpaired) electrons. The second-order valence-electron chi connectivity index (χ2n) is 6.59. The molecular formula is C15H25NO3. The van der Waals surface area contributed by atoms with Crippen molar-refractivity contribution in [3.63, 3.8) is 0 Å². The lowest BCUT2D eigenvalue weighted by Gasteiger charge is -2.38. The molecule has 1 heterocycles. The summed E-state index contributed by atoms with van der Waals surface area (Å²) in [5, 5.41) is 9.11. The number of piperidine rings is 1. The molecule has 4 atom stereocenters. The van der Waals surface area contributed by atoms with Gasteiger partial charge in [0.25, 0.3) is 0 Å². The van der Waals surface area contributed by atoms with Crippen LogP contribution in [0.15, 0.2) is 0 Å². The monoisotopic (exact) mass is 267 g/mol. The molecule has 108 valence electrons. The lowest BCUT2D eigenvalue weighted by Crippen LogP contribution is -2.46. The van der Waals surface area contributed by atoms with Crippen molar-refractivity contribution in [2.45, 2.75) is 46.0 Å². The number of carboxylic acids is 1. The average molecular weight is 267 g/mol. The summed E-state index contributed by atoms with van der Waals surface area (Å²) in [6.45, 7) is 6.07. The summed E-state index contributed by atoms with van der Waals surface area (Å²) < 4.78 is 0.